The normalized spacial score (nSPS) is 30.4. The van der Waals surface area contributed by atoms with E-state index in [0.29, 0.717) is 17.8 Å². The zero-order chi connectivity index (χ0) is 13.5. The Morgan fingerprint density at radius 1 is 1.00 bits per heavy atom. The summed E-state index contributed by atoms with van der Waals surface area (Å²) in [4.78, 5) is 0. The number of benzene rings is 1. The molecule has 0 spiro atoms. The zero-order valence-corrected chi connectivity index (χ0v) is 10.4. The van der Waals surface area contributed by atoms with Crippen molar-refractivity contribution in [3.63, 3.8) is 0 Å². The minimum Gasteiger partial charge on any atom is -0.490 e. The van der Waals surface area contributed by atoms with Crippen molar-refractivity contribution in [2.45, 2.75) is 50.0 Å². The molecule has 2 aliphatic heterocycles. The average Bonchev–Trinajstić information content (AvgIpc) is 2.68. The molecule has 19 heavy (non-hydrogen) atoms. The summed E-state index contributed by atoms with van der Waals surface area (Å²) >= 11 is 0. The Morgan fingerprint density at radius 3 is 2.11 bits per heavy atom. The molecule has 3 rings (SSSR count). The van der Waals surface area contributed by atoms with E-state index in [1.807, 2.05) is 0 Å². The predicted octanol–water partition coefficient (Wildman–Crippen LogP) is 3.37. The topological polar surface area (TPSA) is 21.3 Å². The first-order valence-corrected chi connectivity index (χ1v) is 6.60. The average molecular weight is 271 g/mol. The van der Waals surface area contributed by atoms with E-state index < -0.39 is 11.7 Å². The molecular formula is C14H16F3NO. The molecule has 0 saturated carbocycles. The quantitative estimate of drug-likeness (QED) is 0.890. The van der Waals surface area contributed by atoms with Gasteiger partial charge >= 0.3 is 6.18 Å². The highest BCUT2D eigenvalue weighted by Crippen LogP contribution is 2.32. The van der Waals surface area contributed by atoms with Gasteiger partial charge in [-0.05, 0) is 49.9 Å². The van der Waals surface area contributed by atoms with E-state index in [-0.39, 0.29) is 6.10 Å². The molecule has 2 bridgehead atoms. The van der Waals surface area contributed by atoms with Crippen molar-refractivity contribution in [2.75, 3.05) is 0 Å². The number of piperidine rings is 1. The summed E-state index contributed by atoms with van der Waals surface area (Å²) in [5.74, 6) is 0.527. The first kappa shape index (κ1) is 12.8. The van der Waals surface area contributed by atoms with Crippen LogP contribution in [-0.4, -0.2) is 18.2 Å². The number of hydrogen-bond donors (Lipinski definition) is 1. The molecule has 0 aromatic heterocycles. The van der Waals surface area contributed by atoms with Crippen LogP contribution >= 0.6 is 0 Å². The van der Waals surface area contributed by atoms with Crippen LogP contribution in [-0.2, 0) is 6.18 Å². The van der Waals surface area contributed by atoms with Crippen molar-refractivity contribution in [2.24, 2.45) is 0 Å². The van der Waals surface area contributed by atoms with Crippen LogP contribution < -0.4 is 10.1 Å². The standard InChI is InChI=1S/C14H16F3NO/c15-14(16,17)9-1-5-12(6-2-9)19-13-7-10-3-4-11(8-13)18-10/h1-2,5-6,10-11,13,18H,3-4,7-8H2. The second kappa shape index (κ2) is 4.71. The number of ether oxygens (including phenoxy) is 1. The van der Waals surface area contributed by atoms with Crippen LogP contribution in [0.15, 0.2) is 24.3 Å². The number of halogens is 3. The van der Waals surface area contributed by atoms with Gasteiger partial charge in [0, 0.05) is 12.1 Å². The van der Waals surface area contributed by atoms with Crippen LogP contribution in [0.1, 0.15) is 31.2 Å². The van der Waals surface area contributed by atoms with Gasteiger partial charge < -0.3 is 10.1 Å². The van der Waals surface area contributed by atoms with Crippen LogP contribution in [0.4, 0.5) is 13.2 Å². The minimum absolute atomic E-state index is 0.121. The third kappa shape index (κ3) is 2.86. The molecule has 2 fully saturated rings. The Bertz CT molecular complexity index is 431. The summed E-state index contributed by atoms with van der Waals surface area (Å²) in [6.45, 7) is 0. The first-order valence-electron chi connectivity index (χ1n) is 6.60. The molecule has 2 heterocycles. The van der Waals surface area contributed by atoms with Gasteiger partial charge in [-0.25, -0.2) is 0 Å². The molecule has 1 N–H and O–H groups in total. The van der Waals surface area contributed by atoms with Crippen molar-refractivity contribution >= 4 is 0 Å². The van der Waals surface area contributed by atoms with E-state index in [9.17, 15) is 13.2 Å². The molecule has 0 radical (unpaired) electrons. The SMILES string of the molecule is FC(F)(F)c1ccc(OC2CC3CCC(C2)N3)cc1. The van der Waals surface area contributed by atoms with Gasteiger partial charge in [-0.1, -0.05) is 0 Å². The molecule has 2 nitrogen and oxygen atoms in total. The van der Waals surface area contributed by atoms with E-state index in [1.165, 1.54) is 25.0 Å². The summed E-state index contributed by atoms with van der Waals surface area (Å²) in [6, 6.07) is 5.99. The molecule has 2 unspecified atom stereocenters. The highest BCUT2D eigenvalue weighted by molar-refractivity contribution is 5.29. The third-order valence-electron chi connectivity index (χ3n) is 3.91. The molecule has 2 aliphatic rings. The molecular weight excluding hydrogens is 255 g/mol. The lowest BCUT2D eigenvalue weighted by molar-refractivity contribution is -0.137. The molecule has 1 aromatic carbocycles. The number of nitrogens with one attached hydrogen (secondary N) is 1. The Hall–Kier alpha value is -1.23. The lowest BCUT2D eigenvalue weighted by atomic mass is 10.0. The Kier molecular flexibility index (Phi) is 3.17. The lowest BCUT2D eigenvalue weighted by Gasteiger charge is -2.29. The summed E-state index contributed by atoms with van der Waals surface area (Å²) in [5.41, 5.74) is -0.634. The van der Waals surface area contributed by atoms with Crippen LogP contribution in [0.3, 0.4) is 0 Å². The smallest absolute Gasteiger partial charge is 0.416 e. The van der Waals surface area contributed by atoms with Gasteiger partial charge in [0.1, 0.15) is 11.9 Å². The van der Waals surface area contributed by atoms with Gasteiger partial charge in [0.15, 0.2) is 0 Å². The van der Waals surface area contributed by atoms with Gasteiger partial charge in [0.05, 0.1) is 5.56 Å². The van der Waals surface area contributed by atoms with Crippen LogP contribution in [0.25, 0.3) is 0 Å². The Labute approximate surface area is 109 Å². The fourth-order valence-electron chi connectivity index (χ4n) is 3.02. The van der Waals surface area contributed by atoms with Gasteiger partial charge in [-0.3, -0.25) is 0 Å². The largest absolute Gasteiger partial charge is 0.490 e. The number of rotatable bonds is 2. The van der Waals surface area contributed by atoms with E-state index in [2.05, 4.69) is 5.32 Å². The Balaban J connectivity index is 1.64. The summed E-state index contributed by atoms with van der Waals surface area (Å²) in [6.07, 6.45) is 0.0757. The summed E-state index contributed by atoms with van der Waals surface area (Å²) in [7, 11) is 0. The van der Waals surface area contributed by atoms with Crippen molar-refractivity contribution < 1.29 is 17.9 Å². The fraction of sp³-hybridized carbons (Fsp3) is 0.571. The molecule has 2 saturated heterocycles. The van der Waals surface area contributed by atoms with Gasteiger partial charge in [-0.15, -0.1) is 0 Å². The van der Waals surface area contributed by atoms with Crippen molar-refractivity contribution in [3.8, 4) is 5.75 Å². The minimum atomic E-state index is -4.29. The first-order chi connectivity index (χ1) is 9.00. The highest BCUT2D eigenvalue weighted by atomic mass is 19.4. The third-order valence-corrected chi connectivity index (χ3v) is 3.91. The predicted molar refractivity (Wildman–Crippen MR) is 65.0 cm³/mol. The Morgan fingerprint density at radius 2 is 1.58 bits per heavy atom. The molecule has 5 heteroatoms. The maximum absolute atomic E-state index is 12.4. The van der Waals surface area contributed by atoms with E-state index >= 15 is 0 Å². The van der Waals surface area contributed by atoms with E-state index in [1.54, 1.807) is 0 Å². The number of alkyl halides is 3. The lowest BCUT2D eigenvalue weighted by Crippen LogP contribution is -2.42. The van der Waals surface area contributed by atoms with Gasteiger partial charge in [-0.2, -0.15) is 13.2 Å². The van der Waals surface area contributed by atoms with Crippen molar-refractivity contribution in [1.82, 2.24) is 5.32 Å². The van der Waals surface area contributed by atoms with E-state index in [0.717, 1.165) is 25.0 Å². The maximum atomic E-state index is 12.4. The summed E-state index contributed by atoms with van der Waals surface area (Å²) in [5, 5.41) is 3.51. The van der Waals surface area contributed by atoms with E-state index in [4.69, 9.17) is 4.74 Å². The zero-order valence-electron chi connectivity index (χ0n) is 10.4. The second-order valence-corrected chi connectivity index (χ2v) is 5.37. The van der Waals surface area contributed by atoms with Crippen LogP contribution in [0, 0.1) is 0 Å². The number of hydrogen-bond acceptors (Lipinski definition) is 2. The monoisotopic (exact) mass is 271 g/mol. The van der Waals surface area contributed by atoms with Gasteiger partial charge in [0.2, 0.25) is 0 Å². The molecule has 104 valence electrons. The van der Waals surface area contributed by atoms with Gasteiger partial charge in [0.25, 0.3) is 0 Å². The van der Waals surface area contributed by atoms with Crippen LogP contribution in [0.2, 0.25) is 0 Å². The van der Waals surface area contributed by atoms with Crippen molar-refractivity contribution in [1.29, 1.82) is 0 Å². The number of fused-ring (bicyclic) bond motifs is 2. The second-order valence-electron chi connectivity index (χ2n) is 5.37. The van der Waals surface area contributed by atoms with Crippen molar-refractivity contribution in [3.05, 3.63) is 29.8 Å². The fourth-order valence-corrected chi connectivity index (χ4v) is 3.02. The van der Waals surface area contributed by atoms with Crippen LogP contribution in [0.5, 0.6) is 5.75 Å². The maximum Gasteiger partial charge on any atom is 0.416 e. The highest BCUT2D eigenvalue weighted by Gasteiger charge is 2.34. The molecule has 0 aliphatic carbocycles. The summed E-state index contributed by atoms with van der Waals surface area (Å²) < 4.78 is 43.1. The molecule has 0 amide bonds. The molecule has 2 atom stereocenters. The molecule has 1 aromatic rings.